The van der Waals surface area contributed by atoms with E-state index in [0.717, 1.165) is 35.2 Å². The number of hydrogen-bond donors (Lipinski definition) is 2. The van der Waals surface area contributed by atoms with Gasteiger partial charge in [0.2, 0.25) is 0 Å². The number of H-pyrrole nitrogens is 1. The Kier molecular flexibility index (Phi) is 4.18. The van der Waals surface area contributed by atoms with Gasteiger partial charge in [0.05, 0.1) is 11.7 Å². The predicted octanol–water partition coefficient (Wildman–Crippen LogP) is 1.61. The van der Waals surface area contributed by atoms with Crippen LogP contribution in [0.15, 0.2) is 24.3 Å². The minimum absolute atomic E-state index is 0.103. The topological polar surface area (TPSA) is 59.6 Å². The second-order valence-corrected chi connectivity index (χ2v) is 6.11. The van der Waals surface area contributed by atoms with E-state index >= 15 is 0 Å². The van der Waals surface area contributed by atoms with Gasteiger partial charge in [-0.15, -0.1) is 0 Å². The van der Waals surface area contributed by atoms with Crippen molar-refractivity contribution in [3.8, 4) is 0 Å². The number of aliphatic hydroxyl groups excluding tert-OH is 1. The van der Waals surface area contributed by atoms with E-state index in [4.69, 9.17) is 0 Å². The van der Waals surface area contributed by atoms with Crippen molar-refractivity contribution in [2.45, 2.75) is 20.0 Å². The van der Waals surface area contributed by atoms with Crippen LogP contribution in [0.4, 0.5) is 0 Å². The third kappa shape index (κ3) is 2.87. The highest BCUT2D eigenvalue weighted by Gasteiger charge is 2.25. The number of fused-ring (bicyclic) bond motifs is 1. The lowest BCUT2D eigenvalue weighted by Gasteiger charge is -2.35. The van der Waals surface area contributed by atoms with Gasteiger partial charge in [-0.05, 0) is 19.9 Å². The standard InChI is InChI=1S/C17H23N3O2/c1-12(21)11-19-7-9-20(10-8-19)17(22)16-13(2)18-15-6-4-3-5-14(15)16/h3-6,12,18,21H,7-11H2,1-2H3/t12-/m0/s1. The Bertz CT molecular complexity index is 670. The minimum atomic E-state index is -0.321. The zero-order valence-corrected chi connectivity index (χ0v) is 13.2. The highest BCUT2D eigenvalue weighted by Crippen LogP contribution is 2.23. The van der Waals surface area contributed by atoms with Crippen LogP contribution < -0.4 is 0 Å². The number of carbonyl (C=O) groups is 1. The molecule has 0 spiro atoms. The number of β-amino-alcohol motifs (C(OH)–C–C–N with tert-alkyl or cyclic N) is 1. The molecule has 5 heteroatoms. The van der Waals surface area contributed by atoms with E-state index in [-0.39, 0.29) is 12.0 Å². The Morgan fingerprint density at radius 2 is 1.95 bits per heavy atom. The molecule has 0 aliphatic carbocycles. The molecule has 1 amide bonds. The maximum Gasteiger partial charge on any atom is 0.256 e. The molecule has 0 bridgehead atoms. The molecule has 1 aliphatic rings. The first-order chi connectivity index (χ1) is 10.6. The molecule has 0 saturated carbocycles. The number of benzene rings is 1. The van der Waals surface area contributed by atoms with Gasteiger partial charge in [-0.3, -0.25) is 9.69 Å². The average Bonchev–Trinajstić information content (AvgIpc) is 2.82. The van der Waals surface area contributed by atoms with Crippen LogP contribution in [0.2, 0.25) is 0 Å². The van der Waals surface area contributed by atoms with Gasteiger partial charge in [-0.2, -0.15) is 0 Å². The van der Waals surface area contributed by atoms with E-state index in [0.29, 0.717) is 19.6 Å². The van der Waals surface area contributed by atoms with E-state index in [1.807, 2.05) is 36.1 Å². The number of rotatable bonds is 3. The van der Waals surface area contributed by atoms with Gasteiger partial charge in [0, 0.05) is 49.3 Å². The number of nitrogens with one attached hydrogen (secondary N) is 1. The highest BCUT2D eigenvalue weighted by atomic mass is 16.3. The van der Waals surface area contributed by atoms with Crippen molar-refractivity contribution in [3.63, 3.8) is 0 Å². The number of piperazine rings is 1. The maximum absolute atomic E-state index is 12.9. The third-order valence-electron chi connectivity index (χ3n) is 4.29. The van der Waals surface area contributed by atoms with E-state index < -0.39 is 0 Å². The van der Waals surface area contributed by atoms with Crippen LogP contribution in [0.1, 0.15) is 23.0 Å². The van der Waals surface area contributed by atoms with Gasteiger partial charge in [0.15, 0.2) is 0 Å². The molecule has 1 aromatic heterocycles. The summed E-state index contributed by atoms with van der Waals surface area (Å²) in [7, 11) is 0. The molecule has 5 nitrogen and oxygen atoms in total. The van der Waals surface area contributed by atoms with Crippen molar-refractivity contribution in [1.82, 2.24) is 14.8 Å². The molecule has 1 fully saturated rings. The average molecular weight is 301 g/mol. The molecule has 1 aliphatic heterocycles. The fourth-order valence-electron chi connectivity index (χ4n) is 3.22. The van der Waals surface area contributed by atoms with Crippen LogP contribution in [-0.4, -0.2) is 64.6 Å². The SMILES string of the molecule is Cc1[nH]c2ccccc2c1C(=O)N1CCN(C[C@H](C)O)CC1. The first-order valence-corrected chi connectivity index (χ1v) is 7.83. The summed E-state index contributed by atoms with van der Waals surface area (Å²) >= 11 is 0. The highest BCUT2D eigenvalue weighted by molar-refractivity contribution is 6.08. The molecule has 22 heavy (non-hydrogen) atoms. The predicted molar refractivity (Wildman–Crippen MR) is 87.1 cm³/mol. The number of aromatic nitrogens is 1. The van der Waals surface area contributed by atoms with Crippen LogP contribution in [0.3, 0.4) is 0 Å². The molecule has 1 saturated heterocycles. The zero-order valence-electron chi connectivity index (χ0n) is 13.2. The van der Waals surface area contributed by atoms with Gasteiger partial charge in [-0.25, -0.2) is 0 Å². The summed E-state index contributed by atoms with van der Waals surface area (Å²) in [5, 5.41) is 10.5. The van der Waals surface area contributed by atoms with E-state index in [1.165, 1.54) is 0 Å². The van der Waals surface area contributed by atoms with E-state index in [2.05, 4.69) is 9.88 Å². The summed E-state index contributed by atoms with van der Waals surface area (Å²) in [5.74, 6) is 0.103. The Labute approximate surface area is 130 Å². The zero-order chi connectivity index (χ0) is 15.7. The smallest absolute Gasteiger partial charge is 0.256 e. The summed E-state index contributed by atoms with van der Waals surface area (Å²) < 4.78 is 0. The van der Waals surface area contributed by atoms with Crippen LogP contribution >= 0.6 is 0 Å². The summed E-state index contributed by atoms with van der Waals surface area (Å²) in [6, 6.07) is 7.93. The molecule has 0 unspecified atom stereocenters. The number of hydrogen-bond acceptors (Lipinski definition) is 3. The van der Waals surface area contributed by atoms with Crippen molar-refractivity contribution in [2.75, 3.05) is 32.7 Å². The summed E-state index contributed by atoms with van der Waals surface area (Å²) in [6.45, 7) is 7.49. The third-order valence-corrected chi connectivity index (χ3v) is 4.29. The summed E-state index contributed by atoms with van der Waals surface area (Å²) in [5.41, 5.74) is 2.73. The molecular formula is C17H23N3O2. The fraction of sp³-hybridized carbons (Fsp3) is 0.471. The van der Waals surface area contributed by atoms with Crippen molar-refractivity contribution < 1.29 is 9.90 Å². The first-order valence-electron chi connectivity index (χ1n) is 7.83. The molecule has 1 atom stereocenters. The molecule has 118 valence electrons. The van der Waals surface area contributed by atoms with E-state index in [9.17, 15) is 9.90 Å². The number of aliphatic hydroxyl groups is 1. The van der Waals surface area contributed by atoms with Crippen LogP contribution in [0.5, 0.6) is 0 Å². The van der Waals surface area contributed by atoms with Crippen molar-refractivity contribution in [1.29, 1.82) is 0 Å². The molecule has 2 aromatic rings. The van der Waals surface area contributed by atoms with Crippen LogP contribution in [0, 0.1) is 6.92 Å². The maximum atomic E-state index is 12.9. The number of aryl methyl sites for hydroxylation is 1. The summed E-state index contributed by atoms with van der Waals surface area (Å²) in [4.78, 5) is 20.3. The quantitative estimate of drug-likeness (QED) is 0.905. The molecule has 2 heterocycles. The number of amides is 1. The van der Waals surface area contributed by atoms with Gasteiger partial charge >= 0.3 is 0 Å². The number of para-hydroxylation sites is 1. The second-order valence-electron chi connectivity index (χ2n) is 6.11. The van der Waals surface area contributed by atoms with E-state index in [1.54, 1.807) is 6.92 Å². The van der Waals surface area contributed by atoms with Gasteiger partial charge in [0.1, 0.15) is 0 Å². The second kappa shape index (κ2) is 6.10. The monoisotopic (exact) mass is 301 g/mol. The largest absolute Gasteiger partial charge is 0.392 e. The van der Waals surface area contributed by atoms with Crippen LogP contribution in [0.25, 0.3) is 10.9 Å². The first kappa shape index (κ1) is 15.1. The van der Waals surface area contributed by atoms with Gasteiger partial charge in [0.25, 0.3) is 5.91 Å². The molecule has 1 aromatic carbocycles. The molecular weight excluding hydrogens is 278 g/mol. The lowest BCUT2D eigenvalue weighted by Crippen LogP contribution is -2.50. The number of aromatic amines is 1. The van der Waals surface area contributed by atoms with Crippen molar-refractivity contribution in [2.24, 2.45) is 0 Å². The Balaban J connectivity index is 1.76. The lowest BCUT2D eigenvalue weighted by atomic mass is 10.1. The molecule has 0 radical (unpaired) electrons. The number of carbonyl (C=O) groups excluding carboxylic acids is 1. The van der Waals surface area contributed by atoms with Gasteiger partial charge in [-0.1, -0.05) is 18.2 Å². The lowest BCUT2D eigenvalue weighted by molar-refractivity contribution is 0.0555. The van der Waals surface area contributed by atoms with Gasteiger partial charge < -0.3 is 15.0 Å². The molecule has 2 N–H and O–H groups in total. The Hall–Kier alpha value is -1.85. The van der Waals surface area contributed by atoms with Crippen molar-refractivity contribution >= 4 is 16.8 Å². The minimum Gasteiger partial charge on any atom is -0.392 e. The fourth-order valence-corrected chi connectivity index (χ4v) is 3.22. The summed E-state index contributed by atoms with van der Waals surface area (Å²) in [6.07, 6.45) is -0.321. The molecule has 3 rings (SSSR count). The Morgan fingerprint density at radius 1 is 1.27 bits per heavy atom. The van der Waals surface area contributed by atoms with Crippen molar-refractivity contribution in [3.05, 3.63) is 35.5 Å². The normalized spacial score (nSPS) is 17.9. The number of nitrogens with zero attached hydrogens (tertiary/aromatic N) is 2. The Morgan fingerprint density at radius 3 is 2.64 bits per heavy atom. The van der Waals surface area contributed by atoms with Crippen LogP contribution in [-0.2, 0) is 0 Å².